The third-order valence-electron chi connectivity index (χ3n) is 3.75. The van der Waals surface area contributed by atoms with E-state index in [1.54, 1.807) is 6.92 Å². The number of aliphatic carboxylic acids is 1. The number of nitrogens with one attached hydrogen (secondary N) is 1. The summed E-state index contributed by atoms with van der Waals surface area (Å²) in [6.45, 7) is 3.51. The first-order valence-electron chi connectivity index (χ1n) is 7.66. The highest BCUT2D eigenvalue weighted by Gasteiger charge is 2.33. The lowest BCUT2D eigenvalue weighted by Gasteiger charge is -2.13. The number of thiophene rings is 1. The molecular weight excluding hydrogens is 357 g/mol. The number of aromatic nitrogens is 1. The van der Waals surface area contributed by atoms with E-state index in [-0.39, 0.29) is 16.1 Å². The van der Waals surface area contributed by atoms with E-state index in [0.29, 0.717) is 17.4 Å². The van der Waals surface area contributed by atoms with Gasteiger partial charge in [0.15, 0.2) is 0 Å². The van der Waals surface area contributed by atoms with Gasteiger partial charge in [-0.25, -0.2) is 9.78 Å². The number of aryl methyl sites for hydroxylation is 1. The minimum Gasteiger partial charge on any atom is -0.480 e. The van der Waals surface area contributed by atoms with Gasteiger partial charge in [-0.3, -0.25) is 4.79 Å². The highest BCUT2D eigenvalue weighted by atomic mass is 32.1. The van der Waals surface area contributed by atoms with Crippen molar-refractivity contribution in [3.8, 4) is 0 Å². The second-order valence-electron chi connectivity index (χ2n) is 5.61. The molecule has 2 heterocycles. The van der Waals surface area contributed by atoms with Gasteiger partial charge < -0.3 is 10.4 Å². The number of nitrogens with zero attached hydrogens (tertiary/aromatic N) is 1. The van der Waals surface area contributed by atoms with Gasteiger partial charge in [-0.15, -0.1) is 11.3 Å². The van der Waals surface area contributed by atoms with E-state index in [1.807, 2.05) is 6.92 Å². The zero-order chi connectivity index (χ0) is 18.8. The number of amides is 1. The van der Waals surface area contributed by atoms with E-state index in [4.69, 9.17) is 0 Å². The summed E-state index contributed by atoms with van der Waals surface area (Å²) in [5.74, 6) is -1.75. The highest BCUT2D eigenvalue weighted by molar-refractivity contribution is 7.20. The van der Waals surface area contributed by atoms with E-state index in [2.05, 4.69) is 10.3 Å². The molecule has 25 heavy (non-hydrogen) atoms. The van der Waals surface area contributed by atoms with Crippen molar-refractivity contribution in [1.29, 1.82) is 0 Å². The van der Waals surface area contributed by atoms with Crippen LogP contribution in [0.4, 0.5) is 13.2 Å². The molecule has 0 radical (unpaired) electrons. The maximum atomic E-state index is 12.8. The number of carboxylic acid groups (broad SMARTS) is 1. The molecule has 0 saturated carbocycles. The largest absolute Gasteiger partial charge is 0.480 e. The fraction of sp³-hybridized carbons (Fsp3) is 0.438. The number of hydrogen-bond donors (Lipinski definition) is 2. The van der Waals surface area contributed by atoms with Crippen LogP contribution in [-0.2, 0) is 11.0 Å². The molecule has 1 atom stereocenters. The zero-order valence-corrected chi connectivity index (χ0v) is 14.4. The van der Waals surface area contributed by atoms with Crippen LogP contribution in [0.2, 0.25) is 0 Å². The number of unbranched alkanes of at least 4 members (excludes halogenated alkanes) is 1. The lowest BCUT2D eigenvalue weighted by Crippen LogP contribution is -2.40. The van der Waals surface area contributed by atoms with Crippen LogP contribution in [0.15, 0.2) is 12.1 Å². The molecule has 1 amide bonds. The Bertz CT molecular complexity index is 802. The van der Waals surface area contributed by atoms with Crippen molar-refractivity contribution in [3.05, 3.63) is 28.3 Å². The minimum absolute atomic E-state index is 0.0953. The van der Waals surface area contributed by atoms with Crippen molar-refractivity contribution in [2.45, 2.75) is 45.3 Å². The third kappa shape index (κ3) is 4.28. The lowest BCUT2D eigenvalue weighted by atomic mass is 10.1. The summed E-state index contributed by atoms with van der Waals surface area (Å²) in [6.07, 6.45) is -2.86. The van der Waals surface area contributed by atoms with E-state index < -0.39 is 29.8 Å². The number of rotatable bonds is 6. The topological polar surface area (TPSA) is 79.3 Å². The molecule has 1 unspecified atom stereocenters. The summed E-state index contributed by atoms with van der Waals surface area (Å²) in [6, 6.07) is 1.11. The Morgan fingerprint density at radius 2 is 2.04 bits per heavy atom. The van der Waals surface area contributed by atoms with Gasteiger partial charge >= 0.3 is 12.1 Å². The standard InChI is InChI=1S/C16H17F3N2O3S/c1-3-4-5-10(15(23)24)20-13(22)12-8(2)9-6-7-11(16(17,18)19)21-14(9)25-12/h6-7,10H,3-5H2,1-2H3,(H,20,22)(H,23,24). The van der Waals surface area contributed by atoms with Crippen molar-refractivity contribution >= 4 is 33.4 Å². The van der Waals surface area contributed by atoms with Gasteiger partial charge in [0.2, 0.25) is 0 Å². The van der Waals surface area contributed by atoms with Gasteiger partial charge in [-0.05, 0) is 31.0 Å². The molecule has 0 aliphatic carbocycles. The van der Waals surface area contributed by atoms with Crippen molar-refractivity contribution in [3.63, 3.8) is 0 Å². The molecule has 2 rings (SSSR count). The number of alkyl halides is 3. The summed E-state index contributed by atoms with van der Waals surface area (Å²) in [7, 11) is 0. The second kappa shape index (κ2) is 7.38. The van der Waals surface area contributed by atoms with Crippen LogP contribution in [0.5, 0.6) is 0 Å². The molecule has 9 heteroatoms. The van der Waals surface area contributed by atoms with Crippen LogP contribution >= 0.6 is 11.3 Å². The number of carboxylic acids is 1. The molecule has 0 saturated heterocycles. The quantitative estimate of drug-likeness (QED) is 0.801. The molecular formula is C16H17F3N2O3S. The van der Waals surface area contributed by atoms with Crippen molar-refractivity contribution in [1.82, 2.24) is 10.3 Å². The predicted molar refractivity (Wildman–Crippen MR) is 87.8 cm³/mol. The van der Waals surface area contributed by atoms with Gasteiger partial charge in [0.1, 0.15) is 16.6 Å². The Morgan fingerprint density at radius 1 is 1.36 bits per heavy atom. The Hall–Kier alpha value is -2.16. The summed E-state index contributed by atoms with van der Waals surface area (Å²) in [5.41, 5.74) is -0.544. The summed E-state index contributed by atoms with van der Waals surface area (Å²) in [5, 5.41) is 12.1. The highest BCUT2D eigenvalue weighted by Crippen LogP contribution is 2.34. The summed E-state index contributed by atoms with van der Waals surface area (Å²) < 4.78 is 38.3. The van der Waals surface area contributed by atoms with E-state index >= 15 is 0 Å². The SMILES string of the molecule is CCCCC(NC(=O)c1sc2nc(C(F)(F)F)ccc2c1C)C(=O)O. The van der Waals surface area contributed by atoms with Crippen LogP contribution < -0.4 is 5.32 Å². The monoisotopic (exact) mass is 374 g/mol. The normalized spacial score (nSPS) is 13.0. The maximum absolute atomic E-state index is 12.8. The van der Waals surface area contributed by atoms with Gasteiger partial charge in [0.05, 0.1) is 4.88 Å². The number of pyridine rings is 1. The average Bonchev–Trinajstić information content (AvgIpc) is 2.86. The molecule has 136 valence electrons. The Morgan fingerprint density at radius 3 is 2.60 bits per heavy atom. The first kappa shape index (κ1) is 19.2. The third-order valence-corrected chi connectivity index (χ3v) is 4.95. The fourth-order valence-corrected chi connectivity index (χ4v) is 3.45. The van der Waals surface area contributed by atoms with E-state index in [0.717, 1.165) is 23.8 Å². The molecule has 0 spiro atoms. The second-order valence-corrected chi connectivity index (χ2v) is 6.61. The van der Waals surface area contributed by atoms with Crippen LogP contribution in [0, 0.1) is 6.92 Å². The van der Waals surface area contributed by atoms with E-state index in [9.17, 15) is 27.9 Å². The molecule has 2 N–H and O–H groups in total. The predicted octanol–water partition coefficient (Wildman–Crippen LogP) is 4.00. The lowest BCUT2D eigenvalue weighted by molar-refractivity contribution is -0.141. The van der Waals surface area contributed by atoms with Crippen LogP contribution in [-0.4, -0.2) is 28.0 Å². The molecule has 0 aliphatic heterocycles. The Balaban J connectivity index is 2.32. The van der Waals surface area contributed by atoms with Crippen LogP contribution in [0.3, 0.4) is 0 Å². The summed E-state index contributed by atoms with van der Waals surface area (Å²) in [4.78, 5) is 27.5. The molecule has 5 nitrogen and oxygen atoms in total. The molecule has 2 aromatic heterocycles. The number of carbonyl (C=O) groups excluding carboxylic acids is 1. The Kier molecular flexibility index (Phi) is 5.66. The molecule has 0 fully saturated rings. The van der Waals surface area contributed by atoms with Crippen molar-refractivity contribution in [2.24, 2.45) is 0 Å². The smallest absolute Gasteiger partial charge is 0.433 e. The number of halogens is 3. The maximum Gasteiger partial charge on any atom is 0.433 e. The molecule has 2 aromatic rings. The van der Waals surface area contributed by atoms with Crippen molar-refractivity contribution in [2.75, 3.05) is 0 Å². The average molecular weight is 374 g/mol. The van der Waals surface area contributed by atoms with E-state index in [1.165, 1.54) is 6.07 Å². The van der Waals surface area contributed by atoms with Crippen LogP contribution in [0.1, 0.15) is 47.1 Å². The molecule has 0 aromatic carbocycles. The van der Waals surface area contributed by atoms with Crippen molar-refractivity contribution < 1.29 is 27.9 Å². The fourth-order valence-electron chi connectivity index (χ4n) is 2.36. The summed E-state index contributed by atoms with van der Waals surface area (Å²) >= 11 is 0.824. The first-order valence-corrected chi connectivity index (χ1v) is 8.47. The molecule has 0 bridgehead atoms. The molecule has 0 aliphatic rings. The van der Waals surface area contributed by atoms with Gasteiger partial charge in [0, 0.05) is 5.39 Å². The van der Waals surface area contributed by atoms with Crippen LogP contribution in [0.25, 0.3) is 10.2 Å². The minimum atomic E-state index is -4.57. The first-order chi connectivity index (χ1) is 11.6. The van der Waals surface area contributed by atoms with Gasteiger partial charge in [0.25, 0.3) is 5.91 Å². The Labute approximate surface area is 145 Å². The number of carbonyl (C=O) groups is 2. The number of hydrogen-bond acceptors (Lipinski definition) is 4. The van der Waals surface area contributed by atoms with Gasteiger partial charge in [-0.2, -0.15) is 13.2 Å². The van der Waals surface area contributed by atoms with Gasteiger partial charge in [-0.1, -0.05) is 19.8 Å². The number of fused-ring (bicyclic) bond motifs is 1. The zero-order valence-electron chi connectivity index (χ0n) is 13.6.